The van der Waals surface area contributed by atoms with Gasteiger partial charge in [-0.2, -0.15) is 0 Å². The Bertz CT molecular complexity index is 997. The maximum Gasteiger partial charge on any atom is 0.514 e. The minimum atomic E-state index is -1.15. The van der Waals surface area contributed by atoms with Crippen LogP contribution >= 0.6 is 0 Å². The molecule has 1 aromatic carbocycles. The highest BCUT2D eigenvalue weighted by atomic mass is 16.8. The average molecular weight is 598 g/mol. The molecule has 0 aliphatic heterocycles. The lowest BCUT2D eigenvalue weighted by atomic mass is 10.0. The topological polar surface area (TPSA) is 156 Å². The predicted molar refractivity (Wildman–Crippen MR) is 154 cm³/mol. The summed E-state index contributed by atoms with van der Waals surface area (Å²) in [6, 6.07) is 3.24. The van der Waals surface area contributed by atoms with Crippen molar-refractivity contribution >= 4 is 24.4 Å². The van der Waals surface area contributed by atoms with E-state index in [4.69, 9.17) is 28.4 Å². The number of carboxylic acid groups (broad SMARTS) is 1. The van der Waals surface area contributed by atoms with Crippen molar-refractivity contribution in [3.63, 3.8) is 0 Å². The van der Waals surface area contributed by atoms with Gasteiger partial charge in [0.05, 0.1) is 6.61 Å². The fourth-order valence-electron chi connectivity index (χ4n) is 3.74. The van der Waals surface area contributed by atoms with Crippen molar-refractivity contribution in [2.75, 3.05) is 13.2 Å². The smallest absolute Gasteiger partial charge is 0.480 e. The second-order valence-corrected chi connectivity index (χ2v) is 10.6. The first-order valence-electron chi connectivity index (χ1n) is 14.5. The number of benzene rings is 1. The minimum Gasteiger partial charge on any atom is -0.480 e. The largest absolute Gasteiger partial charge is 0.514 e. The summed E-state index contributed by atoms with van der Waals surface area (Å²) < 4.78 is 31.3. The fraction of sp³-hybridized carbons (Fsp3) is 0.667. The van der Waals surface area contributed by atoms with E-state index in [2.05, 4.69) is 5.32 Å². The lowest BCUT2D eigenvalue weighted by Gasteiger charge is -2.19. The van der Waals surface area contributed by atoms with Crippen LogP contribution in [-0.4, -0.2) is 67.0 Å². The first-order chi connectivity index (χ1) is 19.8. The Morgan fingerprint density at radius 2 is 1.31 bits per heavy atom. The summed E-state index contributed by atoms with van der Waals surface area (Å²) in [5.41, 5.74) is 0.459. The van der Waals surface area contributed by atoms with Gasteiger partial charge >= 0.3 is 24.4 Å². The zero-order chi connectivity index (χ0) is 31.7. The van der Waals surface area contributed by atoms with Crippen molar-refractivity contribution in [3.05, 3.63) is 23.8 Å². The van der Waals surface area contributed by atoms with E-state index in [1.54, 1.807) is 26.8 Å². The van der Waals surface area contributed by atoms with Crippen LogP contribution in [0.25, 0.3) is 0 Å². The normalized spacial score (nSPS) is 13.8. The molecule has 12 heteroatoms. The average Bonchev–Trinajstić information content (AvgIpc) is 2.87. The number of carbonyl (C=O) groups excluding carboxylic acids is 3. The Balaban J connectivity index is 2.97. The molecule has 1 rings (SSSR count). The predicted octanol–water partition coefficient (Wildman–Crippen LogP) is 6.27. The lowest BCUT2D eigenvalue weighted by molar-refractivity contribution is -0.139. The summed E-state index contributed by atoms with van der Waals surface area (Å²) in [7, 11) is 0. The molecule has 3 unspecified atom stereocenters. The van der Waals surface area contributed by atoms with Crippen LogP contribution in [0, 0.1) is 5.92 Å². The van der Waals surface area contributed by atoms with Crippen molar-refractivity contribution in [1.29, 1.82) is 0 Å². The van der Waals surface area contributed by atoms with Gasteiger partial charge in [-0.3, -0.25) is 4.79 Å². The molecule has 12 nitrogen and oxygen atoms in total. The van der Waals surface area contributed by atoms with Crippen molar-refractivity contribution in [2.45, 2.75) is 111 Å². The van der Waals surface area contributed by atoms with Crippen LogP contribution in [0.2, 0.25) is 0 Å². The van der Waals surface area contributed by atoms with Gasteiger partial charge in [0.15, 0.2) is 11.5 Å². The van der Waals surface area contributed by atoms with Gasteiger partial charge in [0, 0.05) is 6.54 Å². The number of hydrogen-bond donors (Lipinski definition) is 2. The third kappa shape index (κ3) is 15.5. The van der Waals surface area contributed by atoms with Gasteiger partial charge in [-0.1, -0.05) is 46.6 Å². The van der Waals surface area contributed by atoms with Gasteiger partial charge in [0.25, 0.3) is 0 Å². The molecule has 0 saturated carbocycles. The van der Waals surface area contributed by atoms with Gasteiger partial charge < -0.3 is 38.8 Å². The van der Waals surface area contributed by atoms with E-state index >= 15 is 0 Å². The van der Waals surface area contributed by atoms with E-state index in [0.717, 1.165) is 12.8 Å². The molecule has 0 radical (unpaired) electrons. The van der Waals surface area contributed by atoms with Gasteiger partial charge in [-0.15, -0.1) is 0 Å². The molecule has 0 aliphatic rings. The molecule has 4 atom stereocenters. The molecule has 0 spiro atoms. The summed E-state index contributed by atoms with van der Waals surface area (Å²) in [6.07, 6.45) is -0.662. The van der Waals surface area contributed by atoms with Crippen molar-refractivity contribution < 1.29 is 52.7 Å². The number of carbonyl (C=O) groups is 4. The molecule has 0 aliphatic carbocycles. The Hall–Kier alpha value is -3.54. The summed E-state index contributed by atoms with van der Waals surface area (Å²) in [6.45, 7) is 13.3. The van der Waals surface area contributed by atoms with Gasteiger partial charge in [0.2, 0.25) is 0 Å². The Morgan fingerprint density at radius 1 is 0.762 bits per heavy atom. The number of aliphatic carboxylic acids is 1. The molecule has 0 saturated heterocycles. The van der Waals surface area contributed by atoms with E-state index in [1.165, 1.54) is 12.1 Å². The van der Waals surface area contributed by atoms with Crippen LogP contribution in [0.3, 0.4) is 0 Å². The monoisotopic (exact) mass is 597 g/mol. The quantitative estimate of drug-likeness (QED) is 0.111. The molecule has 0 amide bonds. The van der Waals surface area contributed by atoms with E-state index in [1.807, 2.05) is 27.7 Å². The second-order valence-electron chi connectivity index (χ2n) is 10.6. The zero-order valence-electron chi connectivity index (χ0n) is 25.8. The first-order valence-corrected chi connectivity index (χ1v) is 14.5. The molecule has 0 heterocycles. The highest BCUT2D eigenvalue weighted by molar-refractivity contribution is 5.74. The number of nitrogens with one attached hydrogen (secondary N) is 1. The van der Waals surface area contributed by atoms with Crippen molar-refractivity contribution in [3.8, 4) is 11.5 Å². The molecular weight excluding hydrogens is 550 g/mol. The molecule has 0 fully saturated rings. The molecule has 0 aromatic heterocycles. The second kappa shape index (κ2) is 19.6. The summed E-state index contributed by atoms with van der Waals surface area (Å²) in [4.78, 5) is 48.6. The summed E-state index contributed by atoms with van der Waals surface area (Å²) >= 11 is 0. The maximum absolute atomic E-state index is 12.4. The van der Waals surface area contributed by atoms with Crippen LogP contribution in [-0.2, 0) is 30.2 Å². The van der Waals surface area contributed by atoms with Crippen molar-refractivity contribution in [2.24, 2.45) is 5.92 Å². The van der Waals surface area contributed by atoms with E-state index in [9.17, 15) is 24.3 Å². The van der Waals surface area contributed by atoms with Crippen LogP contribution < -0.4 is 14.8 Å². The Labute approximate surface area is 248 Å². The Kier molecular flexibility index (Phi) is 17.0. The molecule has 2 N–H and O–H groups in total. The summed E-state index contributed by atoms with van der Waals surface area (Å²) in [5.74, 6) is -0.999. The van der Waals surface area contributed by atoms with Gasteiger partial charge in [-0.25, -0.2) is 14.4 Å². The molecule has 42 heavy (non-hydrogen) atoms. The molecule has 0 bridgehead atoms. The van der Waals surface area contributed by atoms with Crippen LogP contribution in [0.15, 0.2) is 18.2 Å². The van der Waals surface area contributed by atoms with E-state index in [0.29, 0.717) is 30.7 Å². The van der Waals surface area contributed by atoms with Crippen LogP contribution in [0.1, 0.15) is 86.1 Å². The minimum absolute atomic E-state index is 0.0310. The highest BCUT2D eigenvalue weighted by Crippen LogP contribution is 2.30. The number of hydrogen-bond acceptors (Lipinski definition) is 11. The number of rotatable bonds is 18. The molecular formula is C30H47NO11. The zero-order valence-corrected chi connectivity index (χ0v) is 25.8. The van der Waals surface area contributed by atoms with E-state index in [-0.39, 0.29) is 37.2 Å². The standard InChI is InChI=1S/C30H47NO11/c1-8-10-20(5)38-29(35)41-25-13-12-23(17-26(25)42-30(36)39-21(6)11-9-2)16-24(27(32)33)31-18-22(7)40-28(34)37-15-14-19(3)4/h12-13,17,19-22,24,31H,8-11,14-16,18H2,1-7H3,(H,32,33)/t20?,21?,22?,24-/m0/s1. The Morgan fingerprint density at radius 3 is 1.83 bits per heavy atom. The SMILES string of the molecule is CCCC(C)OC(=O)Oc1ccc(C[C@H](NCC(C)OC(=O)OCCC(C)C)C(=O)O)cc1OC(=O)OC(C)CCC. The first kappa shape index (κ1) is 36.5. The lowest BCUT2D eigenvalue weighted by Crippen LogP contribution is -2.42. The summed E-state index contributed by atoms with van der Waals surface area (Å²) in [5, 5.41) is 12.6. The van der Waals surface area contributed by atoms with Crippen molar-refractivity contribution in [1.82, 2.24) is 5.32 Å². The maximum atomic E-state index is 12.4. The third-order valence-corrected chi connectivity index (χ3v) is 5.98. The molecule has 1 aromatic rings. The number of ether oxygens (including phenoxy) is 6. The van der Waals surface area contributed by atoms with E-state index < -0.39 is 42.7 Å². The van der Waals surface area contributed by atoms with Gasteiger partial charge in [-0.05, 0) is 70.1 Å². The fourth-order valence-corrected chi connectivity index (χ4v) is 3.74. The van der Waals surface area contributed by atoms with Gasteiger partial charge in [0.1, 0.15) is 24.4 Å². The number of carboxylic acids is 1. The molecule has 238 valence electrons. The van der Waals surface area contributed by atoms with Crippen LogP contribution in [0.4, 0.5) is 14.4 Å². The third-order valence-electron chi connectivity index (χ3n) is 5.98. The van der Waals surface area contributed by atoms with Crippen LogP contribution in [0.5, 0.6) is 11.5 Å². The highest BCUT2D eigenvalue weighted by Gasteiger charge is 2.23.